The molecule has 3 N–H and O–H groups in total. The van der Waals surface area contributed by atoms with Crippen molar-refractivity contribution < 1.29 is 0 Å². The maximum atomic E-state index is 9.00. The van der Waals surface area contributed by atoms with Gasteiger partial charge in [-0.05, 0) is 29.8 Å². The van der Waals surface area contributed by atoms with Crippen molar-refractivity contribution in [3.05, 3.63) is 58.6 Å². The van der Waals surface area contributed by atoms with Gasteiger partial charge in [0.2, 0.25) is 0 Å². The Hall–Kier alpha value is -2.18. The van der Waals surface area contributed by atoms with E-state index in [0.29, 0.717) is 22.8 Å². The minimum Gasteiger partial charge on any atom is -0.398 e. The summed E-state index contributed by atoms with van der Waals surface area (Å²) in [5.74, 6) is 0. The Morgan fingerprint density at radius 2 is 2.00 bits per heavy atom. The van der Waals surface area contributed by atoms with Gasteiger partial charge < -0.3 is 11.1 Å². The Morgan fingerprint density at radius 3 is 2.72 bits per heavy atom. The van der Waals surface area contributed by atoms with Crippen molar-refractivity contribution in [1.82, 2.24) is 0 Å². The molecular formula is C14H12ClN3. The van der Waals surface area contributed by atoms with E-state index in [1.54, 1.807) is 18.2 Å². The molecule has 0 saturated carbocycles. The standard InChI is InChI=1S/C14H12ClN3/c15-12-6-5-10(8-16)14(7-12)18-9-11-3-1-2-4-13(11)17/h1-7,18H,9,17H2. The van der Waals surface area contributed by atoms with E-state index in [4.69, 9.17) is 22.6 Å². The third-order valence-corrected chi connectivity index (χ3v) is 2.86. The van der Waals surface area contributed by atoms with Crippen LogP contribution in [0, 0.1) is 11.3 Å². The monoisotopic (exact) mass is 257 g/mol. The molecule has 3 nitrogen and oxygen atoms in total. The van der Waals surface area contributed by atoms with Crippen molar-refractivity contribution in [3.8, 4) is 6.07 Å². The number of rotatable bonds is 3. The van der Waals surface area contributed by atoms with E-state index in [1.165, 1.54) is 0 Å². The maximum absolute atomic E-state index is 9.00. The Kier molecular flexibility index (Phi) is 3.71. The van der Waals surface area contributed by atoms with Crippen LogP contribution in [0.2, 0.25) is 5.02 Å². The molecule has 0 fully saturated rings. The SMILES string of the molecule is N#Cc1ccc(Cl)cc1NCc1ccccc1N. The Bertz CT molecular complexity index is 602. The second-order valence-corrected chi connectivity index (χ2v) is 4.29. The number of hydrogen-bond donors (Lipinski definition) is 2. The molecule has 18 heavy (non-hydrogen) atoms. The molecule has 0 atom stereocenters. The number of nitrogen functional groups attached to an aromatic ring is 1. The van der Waals surface area contributed by atoms with Crippen LogP contribution in [0.4, 0.5) is 11.4 Å². The van der Waals surface area contributed by atoms with Gasteiger partial charge in [-0.15, -0.1) is 0 Å². The number of nitrogens with zero attached hydrogens (tertiary/aromatic N) is 1. The number of halogens is 1. The van der Waals surface area contributed by atoms with Gasteiger partial charge in [-0.25, -0.2) is 0 Å². The molecule has 0 aromatic heterocycles. The summed E-state index contributed by atoms with van der Waals surface area (Å²) in [5.41, 5.74) is 8.85. The minimum absolute atomic E-state index is 0.557. The van der Waals surface area contributed by atoms with Crippen molar-refractivity contribution in [2.45, 2.75) is 6.54 Å². The van der Waals surface area contributed by atoms with E-state index in [1.807, 2.05) is 24.3 Å². The number of nitriles is 1. The highest BCUT2D eigenvalue weighted by Crippen LogP contribution is 2.21. The van der Waals surface area contributed by atoms with E-state index in [-0.39, 0.29) is 0 Å². The predicted molar refractivity (Wildman–Crippen MR) is 74.3 cm³/mol. The van der Waals surface area contributed by atoms with Crippen molar-refractivity contribution >= 4 is 23.0 Å². The molecule has 0 aliphatic carbocycles. The molecular weight excluding hydrogens is 246 g/mol. The maximum Gasteiger partial charge on any atom is 0.101 e. The molecule has 0 saturated heterocycles. The molecule has 0 aliphatic rings. The van der Waals surface area contributed by atoms with Gasteiger partial charge in [-0.2, -0.15) is 5.26 Å². The quantitative estimate of drug-likeness (QED) is 0.829. The first kappa shape index (κ1) is 12.3. The van der Waals surface area contributed by atoms with E-state index in [9.17, 15) is 0 Å². The fraction of sp³-hybridized carbons (Fsp3) is 0.0714. The molecule has 2 aromatic carbocycles. The largest absolute Gasteiger partial charge is 0.398 e. The highest BCUT2D eigenvalue weighted by molar-refractivity contribution is 6.30. The molecule has 2 aromatic rings. The summed E-state index contributed by atoms with van der Waals surface area (Å²) in [6, 6.07) is 14.9. The predicted octanol–water partition coefficient (Wildman–Crippen LogP) is 3.41. The van der Waals surface area contributed by atoms with Crippen molar-refractivity contribution in [1.29, 1.82) is 5.26 Å². The first-order valence-corrected chi connectivity index (χ1v) is 5.85. The van der Waals surface area contributed by atoms with Crippen LogP contribution in [0.15, 0.2) is 42.5 Å². The molecule has 90 valence electrons. The van der Waals surface area contributed by atoms with E-state index in [0.717, 1.165) is 11.3 Å². The average molecular weight is 258 g/mol. The smallest absolute Gasteiger partial charge is 0.101 e. The summed E-state index contributed by atoms with van der Waals surface area (Å²) in [6.45, 7) is 0.557. The number of anilines is 2. The van der Waals surface area contributed by atoms with Crippen molar-refractivity contribution in [2.24, 2.45) is 0 Å². The van der Waals surface area contributed by atoms with Gasteiger partial charge in [0.05, 0.1) is 11.3 Å². The first-order chi connectivity index (χ1) is 8.70. The van der Waals surface area contributed by atoms with Gasteiger partial charge in [0, 0.05) is 17.3 Å². The highest BCUT2D eigenvalue weighted by atomic mass is 35.5. The summed E-state index contributed by atoms with van der Waals surface area (Å²) < 4.78 is 0. The van der Waals surface area contributed by atoms with Crippen LogP contribution in [-0.4, -0.2) is 0 Å². The zero-order chi connectivity index (χ0) is 13.0. The van der Waals surface area contributed by atoms with E-state index >= 15 is 0 Å². The normalized spacial score (nSPS) is 9.78. The molecule has 2 rings (SSSR count). The van der Waals surface area contributed by atoms with Gasteiger partial charge in [-0.1, -0.05) is 29.8 Å². The summed E-state index contributed by atoms with van der Waals surface area (Å²) in [6.07, 6.45) is 0. The van der Waals surface area contributed by atoms with Gasteiger partial charge in [0.15, 0.2) is 0 Å². The van der Waals surface area contributed by atoms with Gasteiger partial charge in [0.1, 0.15) is 6.07 Å². The molecule has 0 amide bonds. The van der Waals surface area contributed by atoms with Gasteiger partial charge in [0.25, 0.3) is 0 Å². The zero-order valence-corrected chi connectivity index (χ0v) is 10.4. The average Bonchev–Trinajstić information content (AvgIpc) is 2.38. The van der Waals surface area contributed by atoms with Crippen LogP contribution in [0.3, 0.4) is 0 Å². The summed E-state index contributed by atoms with van der Waals surface area (Å²) in [4.78, 5) is 0. The fourth-order valence-corrected chi connectivity index (χ4v) is 1.82. The van der Waals surface area contributed by atoms with Crippen LogP contribution in [-0.2, 0) is 6.54 Å². The molecule has 0 spiro atoms. The Morgan fingerprint density at radius 1 is 1.22 bits per heavy atom. The lowest BCUT2D eigenvalue weighted by atomic mass is 10.1. The number of hydrogen-bond acceptors (Lipinski definition) is 3. The molecule has 0 unspecified atom stereocenters. The Labute approximate surface area is 111 Å². The molecule has 0 radical (unpaired) electrons. The van der Waals surface area contributed by atoms with E-state index in [2.05, 4.69) is 11.4 Å². The number of nitrogens with two attached hydrogens (primary N) is 1. The summed E-state index contributed by atoms with van der Waals surface area (Å²) >= 11 is 5.91. The summed E-state index contributed by atoms with van der Waals surface area (Å²) in [7, 11) is 0. The number of para-hydroxylation sites is 1. The van der Waals surface area contributed by atoms with Crippen LogP contribution in [0.1, 0.15) is 11.1 Å². The summed E-state index contributed by atoms with van der Waals surface area (Å²) in [5, 5.41) is 12.8. The van der Waals surface area contributed by atoms with E-state index < -0.39 is 0 Å². The molecule has 0 aliphatic heterocycles. The van der Waals surface area contributed by atoms with Gasteiger partial charge >= 0.3 is 0 Å². The fourth-order valence-electron chi connectivity index (χ4n) is 1.65. The van der Waals surface area contributed by atoms with Crippen LogP contribution < -0.4 is 11.1 Å². The minimum atomic E-state index is 0.557. The topological polar surface area (TPSA) is 61.8 Å². The van der Waals surface area contributed by atoms with Crippen LogP contribution >= 0.6 is 11.6 Å². The lowest BCUT2D eigenvalue weighted by Gasteiger charge is -2.10. The van der Waals surface area contributed by atoms with Crippen molar-refractivity contribution in [2.75, 3.05) is 11.1 Å². The third-order valence-electron chi connectivity index (χ3n) is 2.63. The zero-order valence-electron chi connectivity index (χ0n) is 9.65. The lowest BCUT2D eigenvalue weighted by Crippen LogP contribution is -2.04. The highest BCUT2D eigenvalue weighted by Gasteiger charge is 2.03. The number of benzene rings is 2. The van der Waals surface area contributed by atoms with Crippen LogP contribution in [0.25, 0.3) is 0 Å². The first-order valence-electron chi connectivity index (χ1n) is 5.47. The second-order valence-electron chi connectivity index (χ2n) is 3.85. The molecule has 0 bridgehead atoms. The lowest BCUT2D eigenvalue weighted by molar-refractivity contribution is 1.15. The number of nitrogens with one attached hydrogen (secondary N) is 1. The third kappa shape index (κ3) is 2.73. The Balaban J connectivity index is 2.18. The van der Waals surface area contributed by atoms with Crippen LogP contribution in [0.5, 0.6) is 0 Å². The molecule has 0 heterocycles. The second kappa shape index (κ2) is 5.44. The molecule has 4 heteroatoms. The van der Waals surface area contributed by atoms with Gasteiger partial charge in [-0.3, -0.25) is 0 Å². The van der Waals surface area contributed by atoms with Crippen molar-refractivity contribution in [3.63, 3.8) is 0 Å².